The monoisotopic (exact) mass is 487 g/mol. The second kappa shape index (κ2) is 9.23. The van der Waals surface area contributed by atoms with Crippen LogP contribution < -0.4 is 10.1 Å². The maximum absolute atomic E-state index is 13.4. The van der Waals surface area contributed by atoms with Crippen LogP contribution >= 0.6 is 0 Å². The summed E-state index contributed by atoms with van der Waals surface area (Å²) in [4.78, 5) is 0. The van der Waals surface area contributed by atoms with Gasteiger partial charge in [0.25, 0.3) is 5.82 Å². The lowest BCUT2D eigenvalue weighted by atomic mass is 9.77. The van der Waals surface area contributed by atoms with Gasteiger partial charge in [0.15, 0.2) is 0 Å². The molecule has 5 rings (SSSR count). The average molecular weight is 488 g/mol. The van der Waals surface area contributed by atoms with Crippen LogP contribution in [0.4, 0.5) is 13.2 Å². The van der Waals surface area contributed by atoms with Gasteiger partial charge in [-0.1, -0.05) is 30.3 Å². The number of aromatic nitrogens is 4. The SMILES string of the molecule is CC(C)Oc1ccc(-n2nnnc2C(F)(F)F)cc1[C@H]1CO[C@]2(CCCN[C@H]2c2ccccc2)C1. The highest BCUT2D eigenvalue weighted by atomic mass is 19.4. The molecule has 3 heterocycles. The number of alkyl halides is 3. The van der Waals surface area contributed by atoms with E-state index in [-0.39, 0.29) is 23.8 Å². The third-order valence-electron chi connectivity index (χ3n) is 6.71. The second-order valence-electron chi connectivity index (χ2n) is 9.48. The summed E-state index contributed by atoms with van der Waals surface area (Å²) in [7, 11) is 0. The van der Waals surface area contributed by atoms with Gasteiger partial charge in [0.05, 0.1) is 30.0 Å². The molecule has 0 saturated carbocycles. The summed E-state index contributed by atoms with van der Waals surface area (Å²) in [6, 6.07) is 15.2. The highest BCUT2D eigenvalue weighted by Gasteiger charge is 2.49. The molecule has 1 N–H and O–H groups in total. The summed E-state index contributed by atoms with van der Waals surface area (Å²) in [5.74, 6) is -0.586. The summed E-state index contributed by atoms with van der Waals surface area (Å²) in [5, 5.41) is 13.7. The molecule has 3 aromatic rings. The highest BCUT2D eigenvalue weighted by molar-refractivity contribution is 5.47. The van der Waals surface area contributed by atoms with Gasteiger partial charge in [0.2, 0.25) is 0 Å². The predicted molar refractivity (Wildman–Crippen MR) is 122 cm³/mol. The van der Waals surface area contributed by atoms with Crippen molar-refractivity contribution in [3.05, 3.63) is 65.5 Å². The van der Waals surface area contributed by atoms with Gasteiger partial charge >= 0.3 is 6.18 Å². The molecule has 0 unspecified atom stereocenters. The topological polar surface area (TPSA) is 74.1 Å². The Hall–Kier alpha value is -2.98. The zero-order chi connectivity index (χ0) is 24.6. The van der Waals surface area contributed by atoms with Crippen LogP contribution in [0.25, 0.3) is 5.69 Å². The molecule has 7 nitrogen and oxygen atoms in total. The lowest BCUT2D eigenvalue weighted by Gasteiger charge is -2.41. The van der Waals surface area contributed by atoms with E-state index in [1.807, 2.05) is 32.0 Å². The standard InChI is InChI=1S/C25H28F3N5O2/c1-16(2)35-21-10-9-19(33-23(25(26,27)28)30-31-32-33)13-20(21)18-14-24(34-15-18)11-6-12-29-22(24)17-7-4-3-5-8-17/h3-5,7-10,13,16,18,22,29H,6,11-12,14-15H2,1-2H3/t18-,22+,24-/m1/s1. The molecule has 1 aromatic heterocycles. The number of nitrogens with zero attached hydrogens (tertiary/aromatic N) is 4. The third-order valence-corrected chi connectivity index (χ3v) is 6.71. The molecule has 0 bridgehead atoms. The Labute approximate surface area is 201 Å². The minimum Gasteiger partial charge on any atom is -0.491 e. The van der Waals surface area contributed by atoms with Crippen molar-refractivity contribution in [3.63, 3.8) is 0 Å². The fourth-order valence-corrected chi connectivity index (χ4v) is 5.29. The Balaban J connectivity index is 1.51. The van der Waals surface area contributed by atoms with Crippen LogP contribution in [0.3, 0.4) is 0 Å². The summed E-state index contributed by atoms with van der Waals surface area (Å²) in [5.41, 5.74) is 1.80. The van der Waals surface area contributed by atoms with E-state index in [2.05, 4.69) is 33.0 Å². The van der Waals surface area contributed by atoms with E-state index in [1.165, 1.54) is 5.56 Å². The number of hydrogen-bond acceptors (Lipinski definition) is 6. The smallest absolute Gasteiger partial charge is 0.453 e. The van der Waals surface area contributed by atoms with Crippen molar-refractivity contribution < 1.29 is 22.6 Å². The summed E-state index contributed by atoms with van der Waals surface area (Å²) >= 11 is 0. The first-order valence-electron chi connectivity index (χ1n) is 11.9. The Morgan fingerprint density at radius 3 is 2.71 bits per heavy atom. The fourth-order valence-electron chi connectivity index (χ4n) is 5.29. The van der Waals surface area contributed by atoms with E-state index in [4.69, 9.17) is 9.47 Å². The molecule has 3 atom stereocenters. The molecule has 2 aliphatic rings. The number of nitrogens with one attached hydrogen (secondary N) is 1. The van der Waals surface area contributed by atoms with E-state index in [0.29, 0.717) is 12.4 Å². The van der Waals surface area contributed by atoms with Crippen LogP contribution in [0.1, 0.15) is 62.0 Å². The molecule has 1 spiro atoms. The number of hydrogen-bond donors (Lipinski definition) is 1. The first-order chi connectivity index (χ1) is 16.8. The zero-order valence-corrected chi connectivity index (χ0v) is 19.6. The van der Waals surface area contributed by atoms with E-state index in [9.17, 15) is 13.2 Å². The normalized spacial score (nSPS) is 24.9. The maximum atomic E-state index is 13.4. The molecule has 10 heteroatoms. The predicted octanol–water partition coefficient (Wildman–Crippen LogP) is 4.84. The van der Waals surface area contributed by atoms with Gasteiger partial charge in [-0.2, -0.15) is 17.9 Å². The maximum Gasteiger partial charge on any atom is 0.453 e. The fraction of sp³-hybridized carbons (Fsp3) is 0.480. The number of ether oxygens (including phenoxy) is 2. The van der Waals surface area contributed by atoms with Crippen LogP contribution in [-0.2, 0) is 10.9 Å². The quantitative estimate of drug-likeness (QED) is 0.556. The van der Waals surface area contributed by atoms with Crippen LogP contribution in [0.5, 0.6) is 5.75 Å². The first kappa shape index (κ1) is 23.7. The Bertz CT molecular complexity index is 1170. The van der Waals surface area contributed by atoms with E-state index >= 15 is 0 Å². The molecule has 35 heavy (non-hydrogen) atoms. The number of halogens is 3. The van der Waals surface area contributed by atoms with E-state index < -0.39 is 17.6 Å². The Morgan fingerprint density at radius 1 is 1.17 bits per heavy atom. The van der Waals surface area contributed by atoms with Crippen molar-refractivity contribution in [1.29, 1.82) is 0 Å². The molecule has 186 valence electrons. The van der Waals surface area contributed by atoms with Crippen molar-refractivity contribution in [2.24, 2.45) is 0 Å². The second-order valence-corrected chi connectivity index (χ2v) is 9.48. The molecular formula is C25H28F3N5O2. The Kier molecular flexibility index (Phi) is 6.27. The zero-order valence-electron chi connectivity index (χ0n) is 19.6. The molecule has 0 radical (unpaired) electrons. The average Bonchev–Trinajstić information content (AvgIpc) is 3.48. The van der Waals surface area contributed by atoms with Crippen molar-refractivity contribution in [1.82, 2.24) is 25.5 Å². The van der Waals surface area contributed by atoms with Crippen molar-refractivity contribution in [2.45, 2.75) is 63.0 Å². The van der Waals surface area contributed by atoms with E-state index in [1.54, 1.807) is 18.2 Å². The molecule has 2 saturated heterocycles. The lowest BCUT2D eigenvalue weighted by Crippen LogP contribution is -2.48. The molecule has 0 aliphatic carbocycles. The summed E-state index contributed by atoms with van der Waals surface area (Å²) in [6.07, 6.45) is -2.15. The molecule has 0 amide bonds. The minimum absolute atomic E-state index is 0.0384. The van der Waals surface area contributed by atoms with Gasteiger partial charge in [-0.3, -0.25) is 0 Å². The van der Waals surface area contributed by atoms with Crippen LogP contribution in [0.2, 0.25) is 0 Å². The van der Waals surface area contributed by atoms with Gasteiger partial charge in [-0.25, -0.2) is 0 Å². The van der Waals surface area contributed by atoms with Gasteiger partial charge in [0, 0.05) is 11.5 Å². The van der Waals surface area contributed by atoms with Gasteiger partial charge in [-0.15, -0.1) is 5.10 Å². The highest BCUT2D eigenvalue weighted by Crippen LogP contribution is 2.50. The van der Waals surface area contributed by atoms with Gasteiger partial charge in [0.1, 0.15) is 5.75 Å². The molecular weight excluding hydrogens is 459 g/mol. The minimum atomic E-state index is -4.67. The molecule has 2 fully saturated rings. The van der Waals surface area contributed by atoms with Crippen molar-refractivity contribution in [2.75, 3.05) is 13.2 Å². The van der Waals surface area contributed by atoms with Crippen LogP contribution in [0.15, 0.2) is 48.5 Å². The van der Waals surface area contributed by atoms with Crippen LogP contribution in [-0.4, -0.2) is 45.1 Å². The van der Waals surface area contributed by atoms with Crippen molar-refractivity contribution in [3.8, 4) is 11.4 Å². The molecule has 2 aliphatic heterocycles. The summed E-state index contributed by atoms with van der Waals surface area (Å²) < 4.78 is 53.7. The number of piperidine rings is 1. The number of benzene rings is 2. The first-order valence-corrected chi connectivity index (χ1v) is 11.9. The Morgan fingerprint density at radius 2 is 1.97 bits per heavy atom. The van der Waals surface area contributed by atoms with E-state index in [0.717, 1.165) is 36.1 Å². The van der Waals surface area contributed by atoms with Crippen LogP contribution in [0, 0.1) is 0 Å². The lowest BCUT2D eigenvalue weighted by molar-refractivity contribution is -0.146. The number of rotatable bonds is 5. The largest absolute Gasteiger partial charge is 0.491 e. The third kappa shape index (κ3) is 4.64. The molecule has 2 aromatic carbocycles. The number of tetrazole rings is 1. The summed E-state index contributed by atoms with van der Waals surface area (Å²) in [6.45, 7) is 5.20. The van der Waals surface area contributed by atoms with Crippen molar-refractivity contribution >= 4 is 0 Å². The van der Waals surface area contributed by atoms with Gasteiger partial charge < -0.3 is 14.8 Å². The van der Waals surface area contributed by atoms with Gasteiger partial charge in [-0.05, 0) is 73.8 Å².